The molecule has 5 aromatic rings. The van der Waals surface area contributed by atoms with Crippen molar-refractivity contribution in [3.8, 4) is 11.1 Å². The smallest absolute Gasteiger partial charge is 0.323 e. The van der Waals surface area contributed by atoms with Crippen LogP contribution in [0.4, 0.5) is 16.2 Å². The Labute approximate surface area is 226 Å². The van der Waals surface area contributed by atoms with Crippen LogP contribution in [0.2, 0.25) is 0 Å². The van der Waals surface area contributed by atoms with Crippen LogP contribution in [0.25, 0.3) is 32.9 Å². The summed E-state index contributed by atoms with van der Waals surface area (Å²) < 4.78 is 4.26. The van der Waals surface area contributed by atoms with Gasteiger partial charge in [0.1, 0.15) is 0 Å². The second kappa shape index (κ2) is 8.73. The topological polar surface area (TPSA) is 93.0 Å². The van der Waals surface area contributed by atoms with Gasteiger partial charge in [0.15, 0.2) is 0 Å². The van der Waals surface area contributed by atoms with E-state index in [0.717, 1.165) is 81.3 Å². The van der Waals surface area contributed by atoms with Crippen LogP contribution < -0.4 is 16.0 Å². The lowest BCUT2D eigenvalue weighted by Crippen LogP contribution is -2.19. The van der Waals surface area contributed by atoms with Gasteiger partial charge in [0.25, 0.3) is 5.91 Å². The molecule has 8 nitrogen and oxygen atoms in total. The number of amides is 3. The monoisotopic (exact) mass is 518 g/mol. The van der Waals surface area contributed by atoms with Crippen LogP contribution in [-0.2, 0) is 33.0 Å². The van der Waals surface area contributed by atoms with E-state index in [2.05, 4.69) is 38.6 Å². The Bertz CT molecular complexity index is 1830. The van der Waals surface area contributed by atoms with Crippen LogP contribution in [0, 0.1) is 6.92 Å². The molecule has 0 saturated heterocycles. The third kappa shape index (κ3) is 3.62. The Hall–Kier alpha value is -4.59. The lowest BCUT2D eigenvalue weighted by atomic mass is 9.82. The number of aromatic nitrogens is 3. The van der Waals surface area contributed by atoms with Crippen molar-refractivity contribution in [1.82, 2.24) is 19.7 Å². The number of carbonyl (C=O) groups excluding carboxylic acids is 2. The van der Waals surface area contributed by atoms with Crippen LogP contribution in [0.3, 0.4) is 0 Å². The Morgan fingerprint density at radius 3 is 2.59 bits per heavy atom. The predicted octanol–water partition coefficient (Wildman–Crippen LogP) is 5.90. The van der Waals surface area contributed by atoms with Gasteiger partial charge in [-0.15, -0.1) is 0 Å². The molecule has 2 aromatic heterocycles. The summed E-state index contributed by atoms with van der Waals surface area (Å²) in [6.45, 7) is 5.56. The highest BCUT2D eigenvalue weighted by Crippen LogP contribution is 2.47. The number of fused-ring (bicyclic) bond motifs is 10. The Morgan fingerprint density at radius 1 is 1.03 bits per heavy atom. The Balaban J connectivity index is 1.41. The summed E-state index contributed by atoms with van der Waals surface area (Å²) in [4.78, 5) is 26.1. The predicted molar refractivity (Wildman–Crippen MR) is 154 cm³/mol. The molecule has 196 valence electrons. The standard InChI is InChI=1S/C31H30N6O2/c1-4-13-37-25-12-9-19(34-31(39)33-18-7-5-17(2)6-8-18)14-21(25)27-22-15-32-30(38)28(22)26-20(29(27)37)10-11-24-23(26)16-36(3)35-24/h5-9,12,14,16H,4,10-11,13,15H2,1-3H3,(H,32,38)(H2,33,34,39). The molecular weight excluding hydrogens is 488 g/mol. The van der Waals surface area contributed by atoms with E-state index >= 15 is 0 Å². The first-order valence-electron chi connectivity index (χ1n) is 13.5. The summed E-state index contributed by atoms with van der Waals surface area (Å²) in [5.41, 5.74) is 11.1. The first kappa shape index (κ1) is 23.5. The van der Waals surface area contributed by atoms with Crippen molar-refractivity contribution in [3.05, 3.63) is 76.6 Å². The zero-order valence-corrected chi connectivity index (χ0v) is 22.3. The van der Waals surface area contributed by atoms with E-state index < -0.39 is 0 Å². The van der Waals surface area contributed by atoms with Gasteiger partial charge in [-0.2, -0.15) is 5.10 Å². The molecule has 39 heavy (non-hydrogen) atoms. The molecule has 0 bridgehead atoms. The van der Waals surface area contributed by atoms with Gasteiger partial charge in [0.2, 0.25) is 0 Å². The second-order valence-corrected chi connectivity index (χ2v) is 10.6. The maximum Gasteiger partial charge on any atom is 0.323 e. The molecule has 0 radical (unpaired) electrons. The van der Waals surface area contributed by atoms with Crippen molar-refractivity contribution in [2.45, 2.75) is 46.2 Å². The Morgan fingerprint density at radius 2 is 1.79 bits per heavy atom. The van der Waals surface area contributed by atoms with Crippen LogP contribution in [-0.4, -0.2) is 26.3 Å². The molecule has 8 heteroatoms. The quantitative estimate of drug-likeness (QED) is 0.277. The summed E-state index contributed by atoms with van der Waals surface area (Å²) in [5.74, 6) is -0.0250. The number of hydrogen-bond donors (Lipinski definition) is 3. The maximum atomic E-state index is 13.3. The number of aryl methyl sites for hydroxylation is 5. The van der Waals surface area contributed by atoms with Crippen molar-refractivity contribution in [2.75, 3.05) is 10.6 Å². The zero-order chi connectivity index (χ0) is 26.8. The second-order valence-electron chi connectivity index (χ2n) is 10.6. The molecule has 3 heterocycles. The summed E-state index contributed by atoms with van der Waals surface area (Å²) in [6.07, 6.45) is 4.71. The van der Waals surface area contributed by atoms with Crippen molar-refractivity contribution in [1.29, 1.82) is 0 Å². The Kier molecular flexibility index (Phi) is 5.26. The van der Waals surface area contributed by atoms with Gasteiger partial charge in [-0.1, -0.05) is 24.6 Å². The first-order chi connectivity index (χ1) is 18.9. The number of carbonyl (C=O) groups is 2. The van der Waals surface area contributed by atoms with Gasteiger partial charge >= 0.3 is 6.03 Å². The van der Waals surface area contributed by atoms with Gasteiger partial charge in [-0.05, 0) is 67.6 Å². The molecule has 0 unspecified atom stereocenters. The number of urea groups is 1. The summed E-state index contributed by atoms with van der Waals surface area (Å²) in [7, 11) is 1.94. The maximum absolute atomic E-state index is 13.3. The van der Waals surface area contributed by atoms with E-state index in [1.54, 1.807) is 0 Å². The highest BCUT2D eigenvalue weighted by atomic mass is 16.2. The average molecular weight is 519 g/mol. The van der Waals surface area contributed by atoms with Crippen LogP contribution in [0.1, 0.15) is 46.1 Å². The summed E-state index contributed by atoms with van der Waals surface area (Å²) in [6, 6.07) is 13.5. The van der Waals surface area contributed by atoms with Gasteiger partial charge in [-0.25, -0.2) is 4.79 Å². The summed E-state index contributed by atoms with van der Waals surface area (Å²) >= 11 is 0. The van der Waals surface area contributed by atoms with E-state index in [-0.39, 0.29) is 11.9 Å². The SMILES string of the molecule is CCCn1c2ccc(NC(=O)Nc3ccc(C)cc3)cc2c2c3c(c4c(c21)CCc1nn(C)cc1-4)C(=O)NC3. The van der Waals surface area contributed by atoms with Crippen molar-refractivity contribution in [3.63, 3.8) is 0 Å². The minimum Gasteiger partial charge on any atom is -0.348 e. The van der Waals surface area contributed by atoms with Crippen molar-refractivity contribution in [2.24, 2.45) is 7.05 Å². The number of rotatable bonds is 4. The highest BCUT2D eigenvalue weighted by molar-refractivity contribution is 6.20. The van der Waals surface area contributed by atoms with E-state index in [1.807, 2.05) is 61.2 Å². The van der Waals surface area contributed by atoms with Crippen molar-refractivity contribution < 1.29 is 9.59 Å². The summed E-state index contributed by atoms with van der Waals surface area (Å²) in [5, 5.41) is 15.9. The van der Waals surface area contributed by atoms with Gasteiger partial charge in [0, 0.05) is 65.1 Å². The van der Waals surface area contributed by atoms with Crippen molar-refractivity contribution >= 4 is 45.1 Å². The van der Waals surface area contributed by atoms with Crippen LogP contribution in [0.5, 0.6) is 0 Å². The first-order valence-corrected chi connectivity index (χ1v) is 13.5. The molecule has 2 aliphatic rings. The zero-order valence-electron chi connectivity index (χ0n) is 22.3. The minimum atomic E-state index is -0.293. The molecule has 1 aliphatic carbocycles. The number of anilines is 2. The fourth-order valence-electron chi connectivity index (χ4n) is 6.38. The number of benzene rings is 3. The lowest BCUT2D eigenvalue weighted by Gasteiger charge is -2.21. The lowest BCUT2D eigenvalue weighted by molar-refractivity contribution is 0.0966. The molecule has 7 rings (SSSR count). The van der Waals surface area contributed by atoms with Gasteiger partial charge < -0.3 is 20.5 Å². The largest absolute Gasteiger partial charge is 0.348 e. The highest BCUT2D eigenvalue weighted by Gasteiger charge is 2.35. The molecule has 0 atom stereocenters. The minimum absolute atomic E-state index is 0.0250. The molecule has 0 fully saturated rings. The number of hydrogen-bond acceptors (Lipinski definition) is 3. The molecule has 0 saturated carbocycles. The number of nitrogens with zero attached hydrogens (tertiary/aromatic N) is 3. The van der Waals surface area contributed by atoms with E-state index in [9.17, 15) is 9.59 Å². The van der Waals surface area contributed by atoms with Gasteiger partial charge in [-0.3, -0.25) is 9.48 Å². The fourth-order valence-corrected chi connectivity index (χ4v) is 6.38. The molecule has 3 amide bonds. The molecule has 3 N–H and O–H groups in total. The molecule has 1 aliphatic heterocycles. The van der Waals surface area contributed by atoms with Gasteiger partial charge in [0.05, 0.1) is 16.8 Å². The molecular formula is C31H30N6O2. The fraction of sp³-hybridized carbons (Fsp3) is 0.258. The van der Waals surface area contributed by atoms with E-state index in [0.29, 0.717) is 12.2 Å². The van der Waals surface area contributed by atoms with Crippen LogP contribution in [0.15, 0.2) is 48.7 Å². The van der Waals surface area contributed by atoms with E-state index in [4.69, 9.17) is 0 Å². The molecule has 0 spiro atoms. The third-order valence-corrected chi connectivity index (χ3v) is 7.96. The van der Waals surface area contributed by atoms with E-state index in [1.165, 1.54) is 11.1 Å². The van der Waals surface area contributed by atoms with Crippen LogP contribution >= 0.6 is 0 Å². The normalized spacial score (nSPS) is 13.8. The third-order valence-electron chi connectivity index (χ3n) is 7.96. The number of nitrogens with one attached hydrogen (secondary N) is 3. The average Bonchev–Trinajstić information content (AvgIpc) is 3.58. The molecule has 3 aromatic carbocycles.